The number of primary amides is 1. The number of rotatable bonds is 12. The molecule has 0 saturated carbocycles. The van der Waals surface area contributed by atoms with Crippen molar-refractivity contribution < 1.29 is 23.9 Å². The van der Waals surface area contributed by atoms with Gasteiger partial charge in [-0.1, -0.05) is 44.0 Å². The number of hydrogen-bond donors (Lipinski definition) is 3. The van der Waals surface area contributed by atoms with E-state index in [-0.39, 0.29) is 12.5 Å². The largest absolute Gasteiger partial charge is 0.444 e. The first-order valence-corrected chi connectivity index (χ1v) is 11.8. The molecule has 1 aromatic rings. The Kier molecular flexibility index (Phi) is 11.5. The third kappa shape index (κ3) is 9.41. The Labute approximate surface area is 202 Å². The summed E-state index contributed by atoms with van der Waals surface area (Å²) in [4.78, 5) is 52.3. The van der Waals surface area contributed by atoms with Gasteiger partial charge in [-0.15, -0.1) is 0 Å². The summed E-state index contributed by atoms with van der Waals surface area (Å²) in [5.41, 5.74) is 6.07. The van der Waals surface area contributed by atoms with Gasteiger partial charge in [0, 0.05) is 13.1 Å². The van der Waals surface area contributed by atoms with E-state index in [4.69, 9.17) is 10.5 Å². The molecule has 4 N–H and O–H groups in total. The molecule has 1 aromatic carbocycles. The van der Waals surface area contributed by atoms with Crippen LogP contribution in [0.5, 0.6) is 0 Å². The SMILES string of the molecule is CCCCCNC(=O)C(c1ccccc1C)N(CC)C(=O)C(CC(N)=O)NC(=O)OC(C)(C)C. The molecular formula is C25H40N4O5. The first-order chi connectivity index (χ1) is 15.9. The molecule has 0 aliphatic rings. The average molecular weight is 477 g/mol. The van der Waals surface area contributed by atoms with Crippen molar-refractivity contribution in [1.82, 2.24) is 15.5 Å². The average Bonchev–Trinajstić information content (AvgIpc) is 2.73. The monoisotopic (exact) mass is 476 g/mol. The molecule has 0 saturated heterocycles. The Balaban J connectivity index is 3.30. The van der Waals surface area contributed by atoms with Crippen LogP contribution in [0, 0.1) is 6.92 Å². The molecule has 9 nitrogen and oxygen atoms in total. The Morgan fingerprint density at radius 1 is 1.09 bits per heavy atom. The number of nitrogens with one attached hydrogen (secondary N) is 2. The van der Waals surface area contributed by atoms with Crippen LogP contribution in [0.3, 0.4) is 0 Å². The van der Waals surface area contributed by atoms with Gasteiger partial charge >= 0.3 is 6.09 Å². The number of likely N-dealkylation sites (N-methyl/N-ethyl adjacent to an activating group) is 1. The van der Waals surface area contributed by atoms with Crippen molar-refractivity contribution in [2.75, 3.05) is 13.1 Å². The summed E-state index contributed by atoms with van der Waals surface area (Å²) in [6.45, 7) is 11.4. The molecule has 34 heavy (non-hydrogen) atoms. The lowest BCUT2D eigenvalue weighted by atomic mass is 9.97. The number of hydrogen-bond acceptors (Lipinski definition) is 5. The number of benzene rings is 1. The summed E-state index contributed by atoms with van der Waals surface area (Å²) in [6, 6.07) is 5.12. The number of carbonyl (C=O) groups is 4. The van der Waals surface area contributed by atoms with E-state index in [1.54, 1.807) is 39.8 Å². The van der Waals surface area contributed by atoms with Gasteiger partial charge in [0.25, 0.3) is 0 Å². The minimum Gasteiger partial charge on any atom is -0.444 e. The van der Waals surface area contributed by atoms with E-state index in [1.807, 2.05) is 19.1 Å². The highest BCUT2D eigenvalue weighted by Gasteiger charge is 2.36. The van der Waals surface area contributed by atoms with Crippen LogP contribution >= 0.6 is 0 Å². The summed E-state index contributed by atoms with van der Waals surface area (Å²) in [5, 5.41) is 5.38. The zero-order valence-corrected chi connectivity index (χ0v) is 21.3. The molecule has 0 aliphatic carbocycles. The number of aryl methyl sites for hydroxylation is 1. The van der Waals surface area contributed by atoms with E-state index in [9.17, 15) is 19.2 Å². The van der Waals surface area contributed by atoms with E-state index in [0.29, 0.717) is 12.1 Å². The molecule has 0 aliphatic heterocycles. The summed E-state index contributed by atoms with van der Waals surface area (Å²) < 4.78 is 5.25. The Morgan fingerprint density at radius 3 is 2.26 bits per heavy atom. The topological polar surface area (TPSA) is 131 Å². The molecule has 0 fully saturated rings. The van der Waals surface area contributed by atoms with Crippen LogP contribution in [0.15, 0.2) is 24.3 Å². The van der Waals surface area contributed by atoms with Crippen LogP contribution in [0.25, 0.3) is 0 Å². The molecule has 0 bridgehead atoms. The highest BCUT2D eigenvalue weighted by molar-refractivity contribution is 5.94. The minimum absolute atomic E-state index is 0.172. The minimum atomic E-state index is -1.27. The summed E-state index contributed by atoms with van der Waals surface area (Å²) in [7, 11) is 0. The van der Waals surface area contributed by atoms with Gasteiger partial charge in [0.15, 0.2) is 0 Å². The fourth-order valence-electron chi connectivity index (χ4n) is 3.54. The van der Waals surface area contributed by atoms with Gasteiger partial charge in [0.2, 0.25) is 17.7 Å². The lowest BCUT2D eigenvalue weighted by Crippen LogP contribution is -2.54. The molecule has 9 heteroatoms. The van der Waals surface area contributed by atoms with Crippen molar-refractivity contribution in [2.45, 2.75) is 84.9 Å². The van der Waals surface area contributed by atoms with Crippen LogP contribution in [0.1, 0.15) is 77.5 Å². The maximum absolute atomic E-state index is 13.6. The van der Waals surface area contributed by atoms with E-state index >= 15 is 0 Å². The molecule has 2 atom stereocenters. The molecule has 0 spiro atoms. The summed E-state index contributed by atoms with van der Waals surface area (Å²) >= 11 is 0. The van der Waals surface area contributed by atoms with Crippen molar-refractivity contribution in [3.8, 4) is 0 Å². The zero-order chi connectivity index (χ0) is 25.9. The number of nitrogens with two attached hydrogens (primary N) is 1. The Bertz CT molecular complexity index is 850. The Hall–Kier alpha value is -3.10. The quantitative estimate of drug-likeness (QED) is 0.399. The standard InChI is InChI=1S/C25H40N4O5/c1-7-9-12-15-27-22(31)21(18-14-11-10-13-17(18)3)29(8-2)23(32)19(16-20(26)30)28-24(33)34-25(4,5)6/h10-11,13-14,19,21H,7-9,12,15-16H2,1-6H3,(H2,26,30)(H,27,31)(H,28,33). The smallest absolute Gasteiger partial charge is 0.408 e. The molecular weight excluding hydrogens is 436 g/mol. The van der Waals surface area contributed by atoms with Gasteiger partial charge in [-0.25, -0.2) is 4.79 Å². The fourth-order valence-corrected chi connectivity index (χ4v) is 3.54. The van der Waals surface area contributed by atoms with Crippen molar-refractivity contribution in [3.05, 3.63) is 35.4 Å². The molecule has 4 amide bonds. The van der Waals surface area contributed by atoms with Crippen molar-refractivity contribution >= 4 is 23.8 Å². The number of unbranched alkanes of at least 4 members (excludes halogenated alkanes) is 2. The molecule has 190 valence electrons. The molecule has 0 radical (unpaired) electrons. The fraction of sp³-hybridized carbons (Fsp3) is 0.600. The van der Waals surface area contributed by atoms with Crippen molar-refractivity contribution in [3.63, 3.8) is 0 Å². The van der Waals surface area contributed by atoms with E-state index < -0.39 is 42.0 Å². The van der Waals surface area contributed by atoms with Crippen molar-refractivity contribution in [1.29, 1.82) is 0 Å². The lowest BCUT2D eigenvalue weighted by molar-refractivity contribution is -0.143. The number of amides is 4. The van der Waals surface area contributed by atoms with E-state index in [2.05, 4.69) is 17.6 Å². The maximum Gasteiger partial charge on any atom is 0.408 e. The van der Waals surface area contributed by atoms with Crippen LogP contribution in [-0.4, -0.2) is 53.4 Å². The van der Waals surface area contributed by atoms with Crippen LogP contribution in [0.2, 0.25) is 0 Å². The van der Waals surface area contributed by atoms with Crippen LogP contribution in [0.4, 0.5) is 4.79 Å². The van der Waals surface area contributed by atoms with Gasteiger partial charge in [-0.2, -0.15) is 0 Å². The molecule has 0 aromatic heterocycles. The van der Waals surface area contributed by atoms with Gasteiger partial charge in [0.05, 0.1) is 6.42 Å². The number of nitrogens with zero attached hydrogens (tertiary/aromatic N) is 1. The predicted octanol–water partition coefficient (Wildman–Crippen LogP) is 2.96. The van der Waals surface area contributed by atoms with Gasteiger partial charge < -0.3 is 26.0 Å². The second-order valence-corrected chi connectivity index (χ2v) is 9.25. The first kappa shape index (κ1) is 28.9. The van der Waals surface area contributed by atoms with E-state index in [0.717, 1.165) is 24.8 Å². The second-order valence-electron chi connectivity index (χ2n) is 9.25. The number of ether oxygens (including phenoxy) is 1. The third-order valence-electron chi connectivity index (χ3n) is 5.14. The number of alkyl carbamates (subject to hydrolysis) is 1. The van der Waals surface area contributed by atoms with Gasteiger partial charge in [-0.3, -0.25) is 14.4 Å². The second kappa shape index (κ2) is 13.6. The highest BCUT2D eigenvalue weighted by Crippen LogP contribution is 2.25. The summed E-state index contributed by atoms with van der Waals surface area (Å²) in [5.74, 6) is -1.68. The maximum atomic E-state index is 13.6. The third-order valence-corrected chi connectivity index (χ3v) is 5.14. The van der Waals surface area contributed by atoms with Crippen LogP contribution < -0.4 is 16.4 Å². The first-order valence-electron chi connectivity index (χ1n) is 11.8. The number of carbonyl (C=O) groups excluding carboxylic acids is 4. The van der Waals surface area contributed by atoms with E-state index in [1.165, 1.54) is 4.90 Å². The Morgan fingerprint density at radius 2 is 1.74 bits per heavy atom. The summed E-state index contributed by atoms with van der Waals surface area (Å²) in [6.07, 6.45) is 1.55. The van der Waals surface area contributed by atoms with Crippen LogP contribution in [-0.2, 0) is 19.1 Å². The molecule has 2 unspecified atom stereocenters. The zero-order valence-electron chi connectivity index (χ0n) is 21.3. The molecule has 0 heterocycles. The lowest BCUT2D eigenvalue weighted by Gasteiger charge is -2.34. The predicted molar refractivity (Wildman–Crippen MR) is 131 cm³/mol. The highest BCUT2D eigenvalue weighted by atomic mass is 16.6. The molecule has 1 rings (SSSR count). The van der Waals surface area contributed by atoms with Crippen molar-refractivity contribution in [2.24, 2.45) is 5.73 Å². The normalized spacial score (nSPS) is 12.9. The van der Waals surface area contributed by atoms with Gasteiger partial charge in [-0.05, 0) is 52.2 Å². The van der Waals surface area contributed by atoms with Gasteiger partial charge in [0.1, 0.15) is 17.7 Å².